The molecular weight excluding hydrogens is 298 g/mol. The molecule has 2 N–H and O–H groups in total. The largest absolute Gasteiger partial charge is 0.339 e. The normalized spacial score (nSPS) is 10.5. The van der Waals surface area contributed by atoms with Crippen LogP contribution in [0, 0.1) is 13.8 Å². The Balaban J connectivity index is 1.84. The van der Waals surface area contributed by atoms with E-state index in [1.54, 1.807) is 6.20 Å². The van der Waals surface area contributed by atoms with E-state index >= 15 is 0 Å². The molecule has 2 aromatic carbocycles. The lowest BCUT2D eigenvalue weighted by molar-refractivity contribution is 0.979. The number of anilines is 4. The van der Waals surface area contributed by atoms with Crippen LogP contribution in [0.15, 0.2) is 48.7 Å². The Labute approximate surface area is 142 Å². The summed E-state index contributed by atoms with van der Waals surface area (Å²) in [6, 6.07) is 14.4. The predicted octanol–water partition coefficient (Wildman–Crippen LogP) is 4.54. The van der Waals surface area contributed by atoms with E-state index in [2.05, 4.69) is 76.9 Å². The third kappa shape index (κ3) is 3.68. The van der Waals surface area contributed by atoms with Crippen molar-refractivity contribution in [1.82, 2.24) is 15.2 Å². The minimum atomic E-state index is 0.483. The molecule has 0 unspecified atom stereocenters. The second-order valence-corrected chi connectivity index (χ2v) is 5.75. The van der Waals surface area contributed by atoms with E-state index < -0.39 is 0 Å². The Bertz CT molecular complexity index is 845. The van der Waals surface area contributed by atoms with Gasteiger partial charge in [0.2, 0.25) is 5.95 Å². The van der Waals surface area contributed by atoms with Gasteiger partial charge in [-0.15, -0.1) is 5.10 Å². The fourth-order valence-corrected chi connectivity index (χ4v) is 2.60. The molecule has 0 aliphatic rings. The number of para-hydroxylation sites is 1. The summed E-state index contributed by atoms with van der Waals surface area (Å²) in [5, 5.41) is 14.7. The lowest BCUT2D eigenvalue weighted by atomic mass is 10.1. The van der Waals surface area contributed by atoms with Gasteiger partial charge >= 0.3 is 0 Å². The number of aromatic nitrogens is 3. The first kappa shape index (κ1) is 15.9. The quantitative estimate of drug-likeness (QED) is 0.723. The van der Waals surface area contributed by atoms with Gasteiger partial charge in [-0.25, -0.2) is 0 Å². The Hall–Kier alpha value is -2.95. The summed E-state index contributed by atoms with van der Waals surface area (Å²) in [6.45, 7) is 6.26. The molecule has 0 bridgehead atoms. The minimum Gasteiger partial charge on any atom is -0.339 e. The van der Waals surface area contributed by atoms with E-state index in [1.807, 2.05) is 12.1 Å². The van der Waals surface area contributed by atoms with Gasteiger partial charge in [0.1, 0.15) is 0 Å². The average molecular weight is 319 g/mol. The topological polar surface area (TPSA) is 62.7 Å². The summed E-state index contributed by atoms with van der Waals surface area (Å²) in [6.07, 6.45) is 2.56. The molecule has 0 atom stereocenters. The van der Waals surface area contributed by atoms with Crippen LogP contribution in [0.2, 0.25) is 0 Å². The number of nitrogens with one attached hydrogen (secondary N) is 2. The first-order valence-corrected chi connectivity index (χ1v) is 8.04. The zero-order valence-corrected chi connectivity index (χ0v) is 14.2. The third-order valence-corrected chi connectivity index (χ3v) is 3.83. The molecule has 0 fully saturated rings. The molecule has 0 amide bonds. The summed E-state index contributed by atoms with van der Waals surface area (Å²) in [5.74, 6) is 1.14. The molecule has 0 aliphatic carbocycles. The summed E-state index contributed by atoms with van der Waals surface area (Å²) in [5.41, 5.74) is 5.61. The van der Waals surface area contributed by atoms with Crippen molar-refractivity contribution in [3.8, 4) is 0 Å². The van der Waals surface area contributed by atoms with E-state index in [0.717, 1.165) is 23.4 Å². The molecule has 122 valence electrons. The molecule has 0 spiro atoms. The lowest BCUT2D eigenvalue weighted by Gasteiger charge is -2.13. The van der Waals surface area contributed by atoms with Gasteiger partial charge < -0.3 is 10.6 Å². The molecule has 0 aliphatic heterocycles. The maximum Gasteiger partial charge on any atom is 0.249 e. The SMILES string of the molecule is CCc1cccc(C)c1Nc1nncc(Nc2cccc(C)c2)n1. The highest BCUT2D eigenvalue weighted by atomic mass is 15.3. The van der Waals surface area contributed by atoms with Crippen molar-refractivity contribution in [2.45, 2.75) is 27.2 Å². The Kier molecular flexibility index (Phi) is 4.70. The Morgan fingerprint density at radius 3 is 2.62 bits per heavy atom. The molecule has 5 nitrogen and oxygen atoms in total. The van der Waals surface area contributed by atoms with Crippen molar-refractivity contribution in [3.63, 3.8) is 0 Å². The number of hydrogen-bond donors (Lipinski definition) is 2. The fraction of sp³-hybridized carbons (Fsp3) is 0.211. The number of aryl methyl sites for hydroxylation is 3. The maximum absolute atomic E-state index is 4.51. The predicted molar refractivity (Wildman–Crippen MR) is 98.1 cm³/mol. The van der Waals surface area contributed by atoms with Crippen LogP contribution in [0.25, 0.3) is 0 Å². The van der Waals surface area contributed by atoms with Gasteiger partial charge in [-0.05, 0) is 49.1 Å². The average Bonchev–Trinajstić information content (AvgIpc) is 2.57. The smallest absolute Gasteiger partial charge is 0.249 e. The van der Waals surface area contributed by atoms with Gasteiger partial charge in [0.05, 0.1) is 6.20 Å². The van der Waals surface area contributed by atoms with Crippen molar-refractivity contribution < 1.29 is 0 Å². The molecule has 0 saturated heterocycles. The molecule has 24 heavy (non-hydrogen) atoms. The van der Waals surface area contributed by atoms with Crippen molar-refractivity contribution >= 4 is 23.1 Å². The highest BCUT2D eigenvalue weighted by molar-refractivity contribution is 5.64. The summed E-state index contributed by atoms with van der Waals surface area (Å²) in [7, 11) is 0. The van der Waals surface area contributed by atoms with Crippen molar-refractivity contribution in [2.24, 2.45) is 0 Å². The molecule has 1 heterocycles. The van der Waals surface area contributed by atoms with Gasteiger partial charge in [-0.2, -0.15) is 10.1 Å². The van der Waals surface area contributed by atoms with Crippen LogP contribution in [0.4, 0.5) is 23.1 Å². The Morgan fingerprint density at radius 2 is 1.83 bits per heavy atom. The van der Waals surface area contributed by atoms with Crippen LogP contribution in [0.5, 0.6) is 0 Å². The Morgan fingerprint density at radius 1 is 1.00 bits per heavy atom. The second kappa shape index (κ2) is 7.08. The highest BCUT2D eigenvalue weighted by Crippen LogP contribution is 2.24. The number of rotatable bonds is 5. The van der Waals surface area contributed by atoms with Gasteiger partial charge in [-0.1, -0.05) is 37.3 Å². The highest BCUT2D eigenvalue weighted by Gasteiger charge is 2.07. The zero-order valence-electron chi connectivity index (χ0n) is 14.2. The van der Waals surface area contributed by atoms with Crippen molar-refractivity contribution in [2.75, 3.05) is 10.6 Å². The first-order valence-electron chi connectivity index (χ1n) is 8.04. The summed E-state index contributed by atoms with van der Waals surface area (Å²) in [4.78, 5) is 4.51. The van der Waals surface area contributed by atoms with Crippen molar-refractivity contribution in [3.05, 3.63) is 65.4 Å². The number of hydrogen-bond acceptors (Lipinski definition) is 5. The monoisotopic (exact) mass is 319 g/mol. The maximum atomic E-state index is 4.51. The van der Waals surface area contributed by atoms with Gasteiger partial charge in [0, 0.05) is 11.4 Å². The third-order valence-electron chi connectivity index (χ3n) is 3.83. The van der Waals surface area contributed by atoms with Crippen molar-refractivity contribution in [1.29, 1.82) is 0 Å². The van der Waals surface area contributed by atoms with Crippen LogP contribution in [-0.2, 0) is 6.42 Å². The molecule has 3 aromatic rings. The number of benzene rings is 2. The number of nitrogens with zero attached hydrogens (tertiary/aromatic N) is 3. The molecule has 0 radical (unpaired) electrons. The zero-order chi connectivity index (χ0) is 16.9. The van der Waals surface area contributed by atoms with Gasteiger partial charge in [-0.3, -0.25) is 0 Å². The van der Waals surface area contributed by atoms with E-state index in [1.165, 1.54) is 11.1 Å². The van der Waals surface area contributed by atoms with Crippen LogP contribution in [-0.4, -0.2) is 15.2 Å². The van der Waals surface area contributed by atoms with E-state index in [0.29, 0.717) is 11.8 Å². The van der Waals surface area contributed by atoms with Crippen LogP contribution in [0.1, 0.15) is 23.6 Å². The summed E-state index contributed by atoms with van der Waals surface area (Å²) < 4.78 is 0. The molecular formula is C19H21N5. The first-order chi connectivity index (χ1) is 11.7. The van der Waals surface area contributed by atoms with Crippen LogP contribution in [0.3, 0.4) is 0 Å². The lowest BCUT2D eigenvalue weighted by Crippen LogP contribution is -2.05. The van der Waals surface area contributed by atoms with E-state index in [9.17, 15) is 0 Å². The fourth-order valence-electron chi connectivity index (χ4n) is 2.60. The van der Waals surface area contributed by atoms with E-state index in [4.69, 9.17) is 0 Å². The minimum absolute atomic E-state index is 0.483. The molecule has 1 aromatic heterocycles. The van der Waals surface area contributed by atoms with E-state index in [-0.39, 0.29) is 0 Å². The molecule has 5 heteroatoms. The van der Waals surface area contributed by atoms with Crippen LogP contribution < -0.4 is 10.6 Å². The summed E-state index contributed by atoms with van der Waals surface area (Å²) >= 11 is 0. The van der Waals surface area contributed by atoms with Gasteiger partial charge in [0.25, 0.3) is 0 Å². The van der Waals surface area contributed by atoms with Gasteiger partial charge in [0.15, 0.2) is 5.82 Å². The standard InChI is InChI=1S/C19H21N5/c1-4-15-9-6-8-14(3)18(15)23-19-22-17(12-20-24-19)21-16-10-5-7-13(2)11-16/h5-12H,4H2,1-3H3,(H2,21,22,23,24). The molecule has 3 rings (SSSR count). The second-order valence-electron chi connectivity index (χ2n) is 5.75. The van der Waals surface area contributed by atoms with Crippen LogP contribution >= 0.6 is 0 Å². The molecule has 0 saturated carbocycles.